The zero-order chi connectivity index (χ0) is 20.3. The minimum atomic E-state index is -0.452. The highest BCUT2D eigenvalue weighted by Gasteiger charge is 2.26. The molecule has 1 saturated heterocycles. The Bertz CT molecular complexity index is 753. The van der Waals surface area contributed by atoms with E-state index in [1.165, 1.54) is 16.2 Å². The molecule has 2 aliphatic rings. The zero-order valence-corrected chi connectivity index (χ0v) is 17.6. The SMILES string of the molecule is CC(=O)N(C)C1CCN(CCC(=O)Nc2sc3c(c2C(N)=O)CCCC3)CC1. The first kappa shape index (κ1) is 20.8. The molecule has 7 nitrogen and oxygen atoms in total. The summed E-state index contributed by atoms with van der Waals surface area (Å²) in [5, 5.41) is 3.55. The lowest BCUT2D eigenvalue weighted by molar-refractivity contribution is -0.130. The monoisotopic (exact) mass is 406 g/mol. The minimum Gasteiger partial charge on any atom is -0.365 e. The van der Waals surface area contributed by atoms with E-state index in [-0.39, 0.29) is 17.9 Å². The van der Waals surface area contributed by atoms with E-state index in [2.05, 4.69) is 10.2 Å². The predicted molar refractivity (Wildman–Crippen MR) is 111 cm³/mol. The van der Waals surface area contributed by atoms with Crippen molar-refractivity contribution in [1.82, 2.24) is 9.80 Å². The Morgan fingerprint density at radius 2 is 1.89 bits per heavy atom. The van der Waals surface area contributed by atoms with Gasteiger partial charge in [0, 0.05) is 50.9 Å². The lowest BCUT2D eigenvalue weighted by atomic mass is 9.95. The van der Waals surface area contributed by atoms with Crippen LogP contribution in [0.1, 0.15) is 59.8 Å². The predicted octanol–water partition coefficient (Wildman–Crippen LogP) is 2.00. The highest BCUT2D eigenvalue weighted by Crippen LogP contribution is 2.37. The summed E-state index contributed by atoms with van der Waals surface area (Å²) in [6, 6.07) is 0.290. The summed E-state index contributed by atoms with van der Waals surface area (Å²) in [5.41, 5.74) is 7.14. The fourth-order valence-electron chi connectivity index (χ4n) is 4.15. The molecule has 2 heterocycles. The maximum Gasteiger partial charge on any atom is 0.251 e. The van der Waals surface area contributed by atoms with Crippen LogP contribution in [0.25, 0.3) is 0 Å². The molecule has 0 bridgehead atoms. The molecule has 1 aliphatic carbocycles. The molecule has 1 aromatic heterocycles. The van der Waals surface area contributed by atoms with Crippen molar-refractivity contribution in [1.29, 1.82) is 0 Å². The number of nitrogens with one attached hydrogen (secondary N) is 1. The first-order chi connectivity index (χ1) is 13.4. The summed E-state index contributed by atoms with van der Waals surface area (Å²) >= 11 is 1.50. The lowest BCUT2D eigenvalue weighted by Gasteiger charge is -2.36. The number of nitrogens with zero attached hydrogens (tertiary/aromatic N) is 2. The van der Waals surface area contributed by atoms with E-state index in [1.807, 2.05) is 11.9 Å². The van der Waals surface area contributed by atoms with Crippen LogP contribution < -0.4 is 11.1 Å². The molecule has 3 rings (SSSR count). The number of amides is 3. The Labute approximate surface area is 170 Å². The largest absolute Gasteiger partial charge is 0.365 e. The van der Waals surface area contributed by atoms with Crippen LogP contribution in [0.4, 0.5) is 5.00 Å². The second kappa shape index (κ2) is 9.05. The summed E-state index contributed by atoms with van der Waals surface area (Å²) in [4.78, 5) is 41.1. The summed E-state index contributed by atoms with van der Waals surface area (Å²) in [6.07, 6.45) is 6.25. The molecule has 0 atom stereocenters. The first-order valence-electron chi connectivity index (χ1n) is 10.1. The van der Waals surface area contributed by atoms with E-state index < -0.39 is 5.91 Å². The Morgan fingerprint density at radius 3 is 2.54 bits per heavy atom. The quantitative estimate of drug-likeness (QED) is 0.755. The molecule has 0 unspecified atom stereocenters. The average Bonchev–Trinajstić information content (AvgIpc) is 3.04. The molecule has 0 saturated carbocycles. The number of likely N-dealkylation sites (tertiary alicyclic amines) is 1. The Hall–Kier alpha value is -1.93. The van der Waals surface area contributed by atoms with E-state index in [1.54, 1.807) is 6.92 Å². The molecule has 3 amide bonds. The highest BCUT2D eigenvalue weighted by molar-refractivity contribution is 7.17. The number of nitrogens with two attached hydrogens (primary N) is 1. The van der Waals surface area contributed by atoms with Crippen LogP contribution in [0.15, 0.2) is 0 Å². The van der Waals surface area contributed by atoms with Gasteiger partial charge in [-0.15, -0.1) is 11.3 Å². The van der Waals surface area contributed by atoms with Gasteiger partial charge in [0.1, 0.15) is 5.00 Å². The maximum absolute atomic E-state index is 12.5. The minimum absolute atomic E-state index is 0.0796. The maximum atomic E-state index is 12.5. The van der Waals surface area contributed by atoms with E-state index in [9.17, 15) is 14.4 Å². The van der Waals surface area contributed by atoms with Gasteiger partial charge < -0.3 is 20.9 Å². The molecule has 8 heteroatoms. The zero-order valence-electron chi connectivity index (χ0n) is 16.8. The van der Waals surface area contributed by atoms with Crippen LogP contribution >= 0.6 is 11.3 Å². The van der Waals surface area contributed by atoms with Gasteiger partial charge in [-0.25, -0.2) is 0 Å². The summed E-state index contributed by atoms with van der Waals surface area (Å²) in [7, 11) is 1.85. The molecule has 3 N–H and O–H groups in total. The highest BCUT2D eigenvalue weighted by atomic mass is 32.1. The molecule has 0 radical (unpaired) electrons. The van der Waals surface area contributed by atoms with Gasteiger partial charge in [0.05, 0.1) is 5.56 Å². The number of rotatable bonds is 6. The fraction of sp³-hybridized carbons (Fsp3) is 0.650. The Morgan fingerprint density at radius 1 is 1.21 bits per heavy atom. The van der Waals surface area contributed by atoms with Gasteiger partial charge in [0.25, 0.3) is 5.91 Å². The molecule has 1 fully saturated rings. The normalized spacial score (nSPS) is 17.8. The molecule has 0 spiro atoms. The number of hydrogen-bond donors (Lipinski definition) is 2. The number of aryl methyl sites for hydroxylation is 1. The van der Waals surface area contributed by atoms with Crippen LogP contribution in [0, 0.1) is 0 Å². The topological polar surface area (TPSA) is 95.7 Å². The Kier molecular flexibility index (Phi) is 6.72. The van der Waals surface area contributed by atoms with Crippen LogP contribution in [-0.4, -0.2) is 60.2 Å². The van der Waals surface area contributed by atoms with Gasteiger partial charge >= 0.3 is 0 Å². The molecular formula is C20H30N4O3S. The van der Waals surface area contributed by atoms with Crippen molar-refractivity contribution >= 4 is 34.1 Å². The van der Waals surface area contributed by atoms with Crippen LogP contribution in [0.2, 0.25) is 0 Å². The number of primary amides is 1. The van der Waals surface area contributed by atoms with Crippen molar-refractivity contribution in [3.05, 3.63) is 16.0 Å². The average molecular weight is 407 g/mol. The summed E-state index contributed by atoms with van der Waals surface area (Å²) in [5.74, 6) is -0.433. The fourth-order valence-corrected chi connectivity index (χ4v) is 5.46. The molecule has 1 aliphatic heterocycles. The smallest absolute Gasteiger partial charge is 0.251 e. The number of carbonyl (C=O) groups is 3. The third-order valence-corrected chi connectivity index (χ3v) is 7.13. The van der Waals surface area contributed by atoms with Crippen LogP contribution in [0.3, 0.4) is 0 Å². The van der Waals surface area contributed by atoms with Crippen LogP contribution in [-0.2, 0) is 22.4 Å². The summed E-state index contributed by atoms with van der Waals surface area (Å²) < 4.78 is 0. The number of anilines is 1. The molecule has 0 aromatic carbocycles. The third kappa shape index (κ3) is 4.72. The summed E-state index contributed by atoms with van der Waals surface area (Å²) in [6.45, 7) is 4.05. The van der Waals surface area contributed by atoms with Crippen molar-refractivity contribution in [3.63, 3.8) is 0 Å². The van der Waals surface area contributed by atoms with E-state index in [4.69, 9.17) is 5.73 Å². The lowest BCUT2D eigenvalue weighted by Crippen LogP contribution is -2.45. The number of fused-ring (bicyclic) bond motifs is 1. The molecule has 28 heavy (non-hydrogen) atoms. The van der Waals surface area contributed by atoms with Gasteiger partial charge in [-0.3, -0.25) is 14.4 Å². The van der Waals surface area contributed by atoms with Crippen molar-refractivity contribution in [2.75, 3.05) is 32.0 Å². The third-order valence-electron chi connectivity index (χ3n) is 5.93. The van der Waals surface area contributed by atoms with Gasteiger partial charge in [-0.1, -0.05) is 0 Å². The van der Waals surface area contributed by atoms with Crippen molar-refractivity contribution in [3.8, 4) is 0 Å². The van der Waals surface area contributed by atoms with E-state index in [0.717, 1.165) is 57.2 Å². The molecule has 154 valence electrons. The number of carbonyl (C=O) groups excluding carboxylic acids is 3. The van der Waals surface area contributed by atoms with Crippen molar-refractivity contribution < 1.29 is 14.4 Å². The number of thiophene rings is 1. The van der Waals surface area contributed by atoms with Crippen molar-refractivity contribution in [2.24, 2.45) is 5.73 Å². The molecular weight excluding hydrogens is 376 g/mol. The second-order valence-corrected chi connectivity index (χ2v) is 8.89. The van der Waals surface area contributed by atoms with Crippen LogP contribution in [0.5, 0.6) is 0 Å². The van der Waals surface area contributed by atoms with Gasteiger partial charge in [0.15, 0.2) is 0 Å². The Balaban J connectivity index is 1.51. The van der Waals surface area contributed by atoms with Gasteiger partial charge in [-0.2, -0.15) is 0 Å². The standard InChI is InChI=1S/C20H30N4O3S/c1-13(25)23(2)14-7-10-24(11-8-14)12-9-17(26)22-20-18(19(21)27)15-5-3-4-6-16(15)28-20/h14H,3-12H2,1-2H3,(H2,21,27)(H,22,26). The second-order valence-electron chi connectivity index (χ2n) is 7.78. The molecule has 1 aromatic rings. The van der Waals surface area contributed by atoms with E-state index >= 15 is 0 Å². The first-order valence-corrected chi connectivity index (χ1v) is 10.9. The van der Waals surface area contributed by atoms with Gasteiger partial charge in [0.2, 0.25) is 11.8 Å². The van der Waals surface area contributed by atoms with E-state index in [0.29, 0.717) is 23.5 Å². The number of hydrogen-bond acceptors (Lipinski definition) is 5. The number of piperidine rings is 1. The van der Waals surface area contributed by atoms with Gasteiger partial charge in [-0.05, 0) is 44.1 Å². The van der Waals surface area contributed by atoms with Crippen molar-refractivity contribution in [2.45, 2.75) is 57.9 Å².